The SMILES string of the molecule is C=COCCCCC.O=[Si](O)O. The van der Waals surface area contributed by atoms with Gasteiger partial charge in [-0.1, -0.05) is 26.3 Å². The Kier molecular flexibility index (Phi) is 14.6. The molecule has 12 heavy (non-hydrogen) atoms. The zero-order valence-corrected chi connectivity index (χ0v) is 8.32. The summed E-state index contributed by atoms with van der Waals surface area (Å²) in [7, 11) is -3.13. The smallest absolute Gasteiger partial charge is 0.511 e. The van der Waals surface area contributed by atoms with Crippen LogP contribution >= 0.6 is 0 Å². The van der Waals surface area contributed by atoms with Gasteiger partial charge in [-0.15, -0.1) is 0 Å². The Morgan fingerprint density at radius 3 is 2.33 bits per heavy atom. The van der Waals surface area contributed by atoms with Crippen molar-refractivity contribution in [2.45, 2.75) is 26.2 Å². The van der Waals surface area contributed by atoms with Gasteiger partial charge in [-0.3, -0.25) is 4.46 Å². The number of hydrogen-bond donors (Lipinski definition) is 2. The Hall–Kier alpha value is -0.843. The molecule has 0 aliphatic heterocycles. The minimum absolute atomic E-state index is 0.831. The van der Waals surface area contributed by atoms with E-state index in [2.05, 4.69) is 13.5 Å². The molecule has 0 radical (unpaired) electrons. The molecule has 0 aliphatic rings. The second-order valence-electron chi connectivity index (χ2n) is 2.03. The maximum atomic E-state index is 8.74. The molecule has 5 heteroatoms. The molecule has 0 aromatic carbocycles. The largest absolute Gasteiger partial charge is 0.761 e. The lowest BCUT2D eigenvalue weighted by Gasteiger charge is -1.96. The van der Waals surface area contributed by atoms with Gasteiger partial charge in [0.05, 0.1) is 12.9 Å². The number of ether oxygens (including phenoxy) is 1. The van der Waals surface area contributed by atoms with E-state index in [4.69, 9.17) is 18.8 Å². The van der Waals surface area contributed by atoms with E-state index in [1.165, 1.54) is 19.1 Å². The highest BCUT2D eigenvalue weighted by molar-refractivity contribution is 6.22. The van der Waals surface area contributed by atoms with Crippen LogP contribution in [-0.4, -0.2) is 25.4 Å². The van der Waals surface area contributed by atoms with E-state index < -0.39 is 9.17 Å². The summed E-state index contributed by atoms with van der Waals surface area (Å²) < 4.78 is 13.6. The molecule has 0 aromatic rings. The van der Waals surface area contributed by atoms with Crippen molar-refractivity contribution < 1.29 is 18.8 Å². The second kappa shape index (κ2) is 12.8. The summed E-state index contributed by atoms with van der Waals surface area (Å²) in [5.74, 6) is 0. The van der Waals surface area contributed by atoms with Crippen molar-refractivity contribution in [1.29, 1.82) is 0 Å². The number of hydrogen-bond acceptors (Lipinski definition) is 2. The van der Waals surface area contributed by atoms with Gasteiger partial charge in [0.2, 0.25) is 0 Å². The Bertz CT molecular complexity index is 112. The van der Waals surface area contributed by atoms with Crippen molar-refractivity contribution in [3.8, 4) is 0 Å². The molecule has 0 spiro atoms. The standard InChI is InChI=1S/C7H14O.H2O3Si/c1-3-5-6-7-8-4-2;1-4(2)3/h4H,2-3,5-7H2,1H3;1-2H. The van der Waals surface area contributed by atoms with Crippen LogP contribution in [0.25, 0.3) is 0 Å². The van der Waals surface area contributed by atoms with Gasteiger partial charge in [0.1, 0.15) is 0 Å². The van der Waals surface area contributed by atoms with Crippen molar-refractivity contribution in [2.24, 2.45) is 0 Å². The average molecular weight is 192 g/mol. The summed E-state index contributed by atoms with van der Waals surface area (Å²) in [5, 5.41) is 0. The van der Waals surface area contributed by atoms with Crippen molar-refractivity contribution in [1.82, 2.24) is 0 Å². The van der Waals surface area contributed by atoms with E-state index in [-0.39, 0.29) is 0 Å². The molecule has 0 amide bonds. The predicted molar refractivity (Wildman–Crippen MR) is 46.6 cm³/mol. The molecule has 0 saturated heterocycles. The molecule has 0 unspecified atom stereocenters. The highest BCUT2D eigenvalue weighted by Crippen LogP contribution is 1.93. The molecule has 72 valence electrons. The summed E-state index contributed by atoms with van der Waals surface area (Å²) in [6, 6.07) is 0. The average Bonchev–Trinajstić information content (AvgIpc) is 1.97. The quantitative estimate of drug-likeness (QED) is 0.383. The Labute approximate surface area is 74.4 Å². The van der Waals surface area contributed by atoms with E-state index in [9.17, 15) is 0 Å². The normalized spacial score (nSPS) is 7.75. The first-order valence-corrected chi connectivity index (χ1v) is 5.09. The van der Waals surface area contributed by atoms with Gasteiger partial charge in [-0.05, 0) is 6.42 Å². The monoisotopic (exact) mass is 192 g/mol. The molecule has 0 atom stereocenters. The molecule has 0 rings (SSSR count). The van der Waals surface area contributed by atoms with Gasteiger partial charge in [-0.25, -0.2) is 0 Å². The van der Waals surface area contributed by atoms with Crippen LogP contribution in [0.2, 0.25) is 0 Å². The summed E-state index contributed by atoms with van der Waals surface area (Å²) >= 11 is 0. The molecular formula is C7H16O4Si. The Morgan fingerprint density at radius 1 is 1.50 bits per heavy atom. The number of rotatable bonds is 5. The van der Waals surface area contributed by atoms with Gasteiger partial charge in [-0.2, -0.15) is 0 Å². The fraction of sp³-hybridized carbons (Fsp3) is 0.714. The van der Waals surface area contributed by atoms with Crippen LogP contribution in [0, 0.1) is 0 Å². The van der Waals surface area contributed by atoms with Crippen LogP contribution in [0.3, 0.4) is 0 Å². The highest BCUT2D eigenvalue weighted by Gasteiger charge is 1.85. The Morgan fingerprint density at radius 2 is 2.00 bits per heavy atom. The highest BCUT2D eigenvalue weighted by atomic mass is 28.3. The molecule has 0 aromatic heterocycles. The lowest BCUT2D eigenvalue weighted by atomic mass is 10.3. The lowest BCUT2D eigenvalue weighted by Crippen LogP contribution is -1.90. The summed E-state index contributed by atoms with van der Waals surface area (Å²) in [4.78, 5) is 14.3. The van der Waals surface area contributed by atoms with Crippen LogP contribution in [0.4, 0.5) is 0 Å². The van der Waals surface area contributed by atoms with Crippen LogP contribution in [0.1, 0.15) is 26.2 Å². The van der Waals surface area contributed by atoms with Crippen LogP contribution in [0.15, 0.2) is 12.8 Å². The molecule has 0 bridgehead atoms. The van der Waals surface area contributed by atoms with E-state index in [0.29, 0.717) is 0 Å². The first-order chi connectivity index (χ1) is 5.65. The van der Waals surface area contributed by atoms with Gasteiger partial charge >= 0.3 is 9.17 Å². The van der Waals surface area contributed by atoms with Gasteiger partial charge in [0.15, 0.2) is 0 Å². The summed E-state index contributed by atoms with van der Waals surface area (Å²) in [5.41, 5.74) is 0. The third-order valence-corrected chi connectivity index (χ3v) is 0.984. The minimum Gasteiger partial charge on any atom is -0.511 e. The van der Waals surface area contributed by atoms with Crippen LogP contribution in [-0.2, 0) is 9.20 Å². The number of unbranched alkanes of at least 4 members (excludes halogenated alkanes) is 2. The Balaban J connectivity index is 0. The fourth-order valence-corrected chi connectivity index (χ4v) is 0.519. The zero-order chi connectivity index (χ0) is 9.82. The third kappa shape index (κ3) is 35.3. The third-order valence-electron chi connectivity index (χ3n) is 0.984. The minimum atomic E-state index is -3.13. The first kappa shape index (κ1) is 13.7. The fourth-order valence-electron chi connectivity index (χ4n) is 0.519. The predicted octanol–water partition coefficient (Wildman–Crippen LogP) is 0.723. The maximum Gasteiger partial charge on any atom is 0.761 e. The van der Waals surface area contributed by atoms with E-state index >= 15 is 0 Å². The lowest BCUT2D eigenvalue weighted by molar-refractivity contribution is 0.243. The zero-order valence-electron chi connectivity index (χ0n) is 7.32. The molecule has 4 nitrogen and oxygen atoms in total. The second-order valence-corrected chi connectivity index (χ2v) is 2.59. The molecule has 0 aliphatic carbocycles. The van der Waals surface area contributed by atoms with Crippen molar-refractivity contribution in [3.63, 3.8) is 0 Å². The van der Waals surface area contributed by atoms with E-state index in [1.54, 1.807) is 0 Å². The van der Waals surface area contributed by atoms with Crippen molar-refractivity contribution in [3.05, 3.63) is 12.8 Å². The van der Waals surface area contributed by atoms with Crippen LogP contribution < -0.4 is 0 Å². The van der Waals surface area contributed by atoms with E-state index in [1.807, 2.05) is 0 Å². The van der Waals surface area contributed by atoms with Gasteiger partial charge in [0.25, 0.3) is 0 Å². The summed E-state index contributed by atoms with van der Waals surface area (Å²) in [6.07, 6.45) is 5.16. The first-order valence-electron chi connectivity index (χ1n) is 3.79. The molecule has 0 fully saturated rings. The van der Waals surface area contributed by atoms with Crippen molar-refractivity contribution in [2.75, 3.05) is 6.61 Å². The molecule has 0 heterocycles. The van der Waals surface area contributed by atoms with Crippen LogP contribution in [0.5, 0.6) is 0 Å². The van der Waals surface area contributed by atoms with Gasteiger partial charge in [0, 0.05) is 0 Å². The molecule has 0 saturated carbocycles. The van der Waals surface area contributed by atoms with Gasteiger partial charge < -0.3 is 14.3 Å². The van der Waals surface area contributed by atoms with Crippen molar-refractivity contribution >= 4 is 9.17 Å². The molecular weight excluding hydrogens is 176 g/mol. The summed E-state index contributed by atoms with van der Waals surface area (Å²) in [6.45, 7) is 6.44. The van der Waals surface area contributed by atoms with E-state index in [0.717, 1.165) is 13.0 Å². The maximum absolute atomic E-state index is 8.74. The molecule has 2 N–H and O–H groups in total. The topological polar surface area (TPSA) is 66.8 Å².